The largest absolute Gasteiger partial charge is 0.484 e. The second kappa shape index (κ2) is 9.30. The van der Waals surface area contributed by atoms with Crippen LogP contribution in [0, 0.1) is 0 Å². The van der Waals surface area contributed by atoms with E-state index in [0.717, 1.165) is 5.56 Å². The van der Waals surface area contributed by atoms with Gasteiger partial charge in [-0.2, -0.15) is 0 Å². The van der Waals surface area contributed by atoms with Gasteiger partial charge in [-0.3, -0.25) is 9.59 Å². The fourth-order valence-corrected chi connectivity index (χ4v) is 2.35. The zero-order valence-electron chi connectivity index (χ0n) is 13.7. The molecule has 0 saturated carbocycles. The standard InChI is InChI=1S/C18H18Cl2N2O3/c1-22(11-13-7-8-15(19)16(20)9-13)18(24)10-21-17(23)12-25-14-5-3-2-4-6-14/h2-9H,10-12H2,1H3,(H,21,23). The van der Waals surface area contributed by atoms with Crippen LogP contribution < -0.4 is 10.1 Å². The van der Waals surface area contributed by atoms with Gasteiger partial charge in [0.15, 0.2) is 6.61 Å². The molecule has 0 aliphatic carbocycles. The van der Waals surface area contributed by atoms with E-state index in [9.17, 15) is 9.59 Å². The topological polar surface area (TPSA) is 58.6 Å². The molecule has 2 rings (SSSR count). The highest BCUT2D eigenvalue weighted by molar-refractivity contribution is 6.42. The number of carbonyl (C=O) groups excluding carboxylic acids is 2. The molecule has 0 radical (unpaired) electrons. The molecule has 7 heteroatoms. The first-order valence-corrected chi connectivity index (χ1v) is 8.33. The third-order valence-electron chi connectivity index (χ3n) is 3.38. The molecule has 2 aromatic carbocycles. The van der Waals surface area contributed by atoms with Gasteiger partial charge in [-0.1, -0.05) is 47.5 Å². The SMILES string of the molecule is CN(Cc1ccc(Cl)c(Cl)c1)C(=O)CNC(=O)COc1ccccc1. The Balaban J connectivity index is 1.74. The van der Waals surface area contributed by atoms with Crippen molar-refractivity contribution in [1.82, 2.24) is 10.2 Å². The lowest BCUT2D eigenvalue weighted by Gasteiger charge is -2.18. The number of hydrogen-bond donors (Lipinski definition) is 1. The summed E-state index contributed by atoms with van der Waals surface area (Å²) in [6, 6.07) is 14.2. The first-order chi connectivity index (χ1) is 12.0. The molecule has 25 heavy (non-hydrogen) atoms. The molecule has 0 aliphatic rings. The quantitative estimate of drug-likeness (QED) is 0.802. The summed E-state index contributed by atoms with van der Waals surface area (Å²) in [5.74, 6) is 0.0139. The summed E-state index contributed by atoms with van der Waals surface area (Å²) in [7, 11) is 1.65. The number of benzene rings is 2. The lowest BCUT2D eigenvalue weighted by Crippen LogP contribution is -2.39. The smallest absolute Gasteiger partial charge is 0.258 e. The van der Waals surface area contributed by atoms with Gasteiger partial charge in [0.05, 0.1) is 16.6 Å². The highest BCUT2D eigenvalue weighted by Crippen LogP contribution is 2.23. The summed E-state index contributed by atoms with van der Waals surface area (Å²) in [4.78, 5) is 25.3. The highest BCUT2D eigenvalue weighted by Gasteiger charge is 2.12. The normalized spacial score (nSPS) is 10.2. The third-order valence-corrected chi connectivity index (χ3v) is 4.12. The molecule has 0 aliphatic heterocycles. The average molecular weight is 381 g/mol. The molecule has 5 nitrogen and oxygen atoms in total. The minimum absolute atomic E-state index is 0.102. The fourth-order valence-electron chi connectivity index (χ4n) is 2.03. The van der Waals surface area contributed by atoms with E-state index in [4.69, 9.17) is 27.9 Å². The fraction of sp³-hybridized carbons (Fsp3) is 0.222. The molecule has 0 bridgehead atoms. The Morgan fingerprint density at radius 2 is 1.80 bits per heavy atom. The van der Waals surface area contributed by atoms with E-state index >= 15 is 0 Å². The number of halogens is 2. The van der Waals surface area contributed by atoms with Crippen LogP contribution in [0.3, 0.4) is 0 Å². The number of carbonyl (C=O) groups is 2. The zero-order chi connectivity index (χ0) is 18.2. The van der Waals surface area contributed by atoms with E-state index in [1.807, 2.05) is 18.2 Å². The molecular formula is C18H18Cl2N2O3. The Bertz CT molecular complexity index is 738. The first-order valence-electron chi connectivity index (χ1n) is 7.58. The molecule has 0 fully saturated rings. The van der Waals surface area contributed by atoms with Gasteiger partial charge in [-0.05, 0) is 29.8 Å². The molecule has 0 saturated heterocycles. The highest BCUT2D eigenvalue weighted by atomic mass is 35.5. The van der Waals surface area contributed by atoms with Crippen molar-refractivity contribution >= 4 is 35.0 Å². The van der Waals surface area contributed by atoms with E-state index in [1.54, 1.807) is 37.4 Å². The number of amides is 2. The van der Waals surface area contributed by atoms with Crippen molar-refractivity contribution in [3.63, 3.8) is 0 Å². The summed E-state index contributed by atoms with van der Waals surface area (Å²) >= 11 is 11.8. The Morgan fingerprint density at radius 1 is 1.08 bits per heavy atom. The molecule has 0 heterocycles. The van der Waals surface area contributed by atoms with Crippen LogP contribution in [0.1, 0.15) is 5.56 Å². The van der Waals surface area contributed by atoms with Crippen LogP contribution in [-0.2, 0) is 16.1 Å². The number of para-hydroxylation sites is 1. The Hall–Kier alpha value is -2.24. The average Bonchev–Trinajstić information content (AvgIpc) is 2.61. The Kier molecular flexibility index (Phi) is 7.10. The second-order valence-corrected chi connectivity index (χ2v) is 6.19. The molecule has 2 amide bonds. The Labute approximate surface area is 156 Å². The van der Waals surface area contributed by atoms with Crippen LogP contribution in [-0.4, -0.2) is 36.9 Å². The lowest BCUT2D eigenvalue weighted by atomic mass is 10.2. The Morgan fingerprint density at radius 3 is 2.48 bits per heavy atom. The summed E-state index contributed by atoms with van der Waals surface area (Å²) in [5, 5.41) is 3.44. The molecule has 0 unspecified atom stereocenters. The van der Waals surface area contributed by atoms with Gasteiger partial charge in [-0.25, -0.2) is 0 Å². The van der Waals surface area contributed by atoms with Crippen molar-refractivity contribution in [2.24, 2.45) is 0 Å². The van der Waals surface area contributed by atoms with Crippen molar-refractivity contribution in [1.29, 1.82) is 0 Å². The number of hydrogen-bond acceptors (Lipinski definition) is 3. The molecule has 1 N–H and O–H groups in total. The maximum Gasteiger partial charge on any atom is 0.258 e. The monoisotopic (exact) mass is 380 g/mol. The summed E-state index contributed by atoms with van der Waals surface area (Å²) in [5.41, 5.74) is 0.851. The van der Waals surface area contributed by atoms with Crippen molar-refractivity contribution in [2.45, 2.75) is 6.54 Å². The van der Waals surface area contributed by atoms with Crippen molar-refractivity contribution < 1.29 is 14.3 Å². The van der Waals surface area contributed by atoms with Gasteiger partial charge in [-0.15, -0.1) is 0 Å². The number of rotatable bonds is 7. The van der Waals surface area contributed by atoms with E-state index in [-0.39, 0.29) is 25.0 Å². The van der Waals surface area contributed by atoms with Crippen molar-refractivity contribution in [2.75, 3.05) is 20.2 Å². The molecular weight excluding hydrogens is 363 g/mol. The van der Waals surface area contributed by atoms with Crippen molar-refractivity contribution in [3.8, 4) is 5.75 Å². The number of nitrogens with zero attached hydrogens (tertiary/aromatic N) is 1. The van der Waals surface area contributed by atoms with Crippen LogP contribution in [0.15, 0.2) is 48.5 Å². The molecule has 2 aromatic rings. The summed E-state index contributed by atoms with van der Waals surface area (Å²) in [6.07, 6.45) is 0. The predicted octanol–water partition coefficient (Wildman–Crippen LogP) is 3.15. The molecule has 0 spiro atoms. The molecule has 132 valence electrons. The third kappa shape index (κ3) is 6.29. The molecule has 0 aromatic heterocycles. The van der Waals surface area contributed by atoms with Gasteiger partial charge >= 0.3 is 0 Å². The predicted molar refractivity (Wildman–Crippen MR) is 97.9 cm³/mol. The van der Waals surface area contributed by atoms with Gasteiger partial charge < -0.3 is 15.0 Å². The number of nitrogens with one attached hydrogen (secondary N) is 1. The maximum absolute atomic E-state index is 12.1. The van der Waals surface area contributed by atoms with E-state index in [2.05, 4.69) is 5.32 Å². The van der Waals surface area contributed by atoms with Gasteiger partial charge in [0.1, 0.15) is 5.75 Å². The zero-order valence-corrected chi connectivity index (χ0v) is 15.2. The van der Waals surface area contributed by atoms with E-state index in [1.165, 1.54) is 4.90 Å². The minimum Gasteiger partial charge on any atom is -0.484 e. The summed E-state index contributed by atoms with van der Waals surface area (Å²) < 4.78 is 5.32. The minimum atomic E-state index is -0.361. The number of likely N-dealkylation sites (N-methyl/N-ethyl adjacent to an activating group) is 1. The van der Waals surface area contributed by atoms with Gasteiger partial charge in [0.2, 0.25) is 5.91 Å². The first kappa shape index (κ1) is 19.1. The maximum atomic E-state index is 12.1. The van der Waals surface area contributed by atoms with E-state index < -0.39 is 0 Å². The van der Waals surface area contributed by atoms with Crippen LogP contribution in [0.5, 0.6) is 5.75 Å². The second-order valence-electron chi connectivity index (χ2n) is 5.38. The molecule has 0 atom stereocenters. The van der Waals surface area contributed by atoms with Crippen LogP contribution >= 0.6 is 23.2 Å². The summed E-state index contributed by atoms with van der Waals surface area (Å²) in [6.45, 7) is 0.120. The van der Waals surface area contributed by atoms with E-state index in [0.29, 0.717) is 22.3 Å². The number of ether oxygens (including phenoxy) is 1. The van der Waals surface area contributed by atoms with Gasteiger partial charge in [0, 0.05) is 13.6 Å². The van der Waals surface area contributed by atoms with Gasteiger partial charge in [0.25, 0.3) is 5.91 Å². The van der Waals surface area contributed by atoms with Crippen LogP contribution in [0.4, 0.5) is 0 Å². The lowest BCUT2D eigenvalue weighted by molar-refractivity contribution is -0.132. The van der Waals surface area contributed by atoms with Crippen LogP contribution in [0.2, 0.25) is 10.0 Å². The van der Waals surface area contributed by atoms with Crippen molar-refractivity contribution in [3.05, 3.63) is 64.1 Å². The van der Waals surface area contributed by atoms with Crippen LogP contribution in [0.25, 0.3) is 0 Å².